The lowest BCUT2D eigenvalue weighted by Gasteiger charge is -2.05. The summed E-state index contributed by atoms with van der Waals surface area (Å²) >= 11 is 0. The lowest BCUT2D eigenvalue weighted by molar-refractivity contribution is -0.384. The highest BCUT2D eigenvalue weighted by Crippen LogP contribution is 2.12. The number of esters is 1. The molecule has 0 radical (unpaired) electrons. The van der Waals surface area contributed by atoms with E-state index in [1.54, 1.807) is 19.1 Å². The molecule has 0 saturated carbocycles. The van der Waals surface area contributed by atoms with Gasteiger partial charge in [0, 0.05) is 31.6 Å². The van der Waals surface area contributed by atoms with Crippen molar-refractivity contribution in [2.45, 2.75) is 19.9 Å². The summed E-state index contributed by atoms with van der Waals surface area (Å²) in [6, 6.07) is 6.42. The van der Waals surface area contributed by atoms with E-state index in [0.717, 1.165) is 5.56 Å². The van der Waals surface area contributed by atoms with E-state index in [1.807, 2.05) is 0 Å². The lowest BCUT2D eigenvalue weighted by atomic mass is 10.2. The van der Waals surface area contributed by atoms with Crippen LogP contribution in [0.4, 0.5) is 5.69 Å². The van der Waals surface area contributed by atoms with Crippen LogP contribution in [0.5, 0.6) is 0 Å². The van der Waals surface area contributed by atoms with Crippen molar-refractivity contribution in [3.05, 3.63) is 39.9 Å². The zero-order chi connectivity index (χ0) is 13.4. The highest BCUT2D eigenvalue weighted by atomic mass is 16.6. The Morgan fingerprint density at radius 1 is 1.50 bits per heavy atom. The van der Waals surface area contributed by atoms with Crippen LogP contribution in [0.25, 0.3) is 0 Å². The number of rotatable bonds is 7. The number of nitrogens with one attached hydrogen (secondary N) is 1. The van der Waals surface area contributed by atoms with E-state index in [-0.39, 0.29) is 11.7 Å². The number of nitro groups is 1. The first-order valence-electron chi connectivity index (χ1n) is 5.73. The largest absolute Gasteiger partial charge is 0.464 e. The van der Waals surface area contributed by atoms with Gasteiger partial charge in [-0.1, -0.05) is 19.1 Å². The molecule has 0 heterocycles. The molecule has 0 spiro atoms. The average molecular weight is 252 g/mol. The zero-order valence-electron chi connectivity index (χ0n) is 10.2. The van der Waals surface area contributed by atoms with Gasteiger partial charge in [0.05, 0.1) is 4.92 Å². The Labute approximate surface area is 105 Å². The summed E-state index contributed by atoms with van der Waals surface area (Å²) in [5, 5.41) is 13.6. The summed E-state index contributed by atoms with van der Waals surface area (Å²) < 4.78 is 4.88. The molecule has 6 heteroatoms. The third-order valence-corrected chi connectivity index (χ3v) is 2.28. The molecule has 0 atom stereocenters. The smallest absolute Gasteiger partial charge is 0.305 e. The molecular weight excluding hydrogens is 236 g/mol. The third kappa shape index (κ3) is 4.92. The van der Waals surface area contributed by atoms with Gasteiger partial charge in [0.25, 0.3) is 5.69 Å². The zero-order valence-corrected chi connectivity index (χ0v) is 10.2. The molecule has 0 amide bonds. The van der Waals surface area contributed by atoms with Crippen LogP contribution in [0.3, 0.4) is 0 Å². The predicted octanol–water partition coefficient (Wildman–Crippen LogP) is 1.64. The second-order valence-electron chi connectivity index (χ2n) is 3.68. The summed E-state index contributed by atoms with van der Waals surface area (Å²) in [4.78, 5) is 21.0. The summed E-state index contributed by atoms with van der Waals surface area (Å²) in [6.45, 7) is 3.07. The fraction of sp³-hybridized carbons (Fsp3) is 0.417. The molecule has 0 aliphatic carbocycles. The first kappa shape index (κ1) is 14.1. The number of benzene rings is 1. The molecule has 1 rings (SSSR count). The summed E-state index contributed by atoms with van der Waals surface area (Å²) in [5.74, 6) is -0.229. The highest BCUT2D eigenvalue weighted by Gasteiger charge is 2.05. The van der Waals surface area contributed by atoms with Crippen LogP contribution in [0.15, 0.2) is 24.3 Å². The molecule has 0 unspecified atom stereocenters. The summed E-state index contributed by atoms with van der Waals surface area (Å²) in [7, 11) is 0. The number of carbonyl (C=O) groups is 1. The van der Waals surface area contributed by atoms with Gasteiger partial charge in [-0.25, -0.2) is 0 Å². The topological polar surface area (TPSA) is 81.5 Å². The Morgan fingerprint density at radius 3 is 2.94 bits per heavy atom. The molecule has 1 N–H and O–H groups in total. The van der Waals surface area contributed by atoms with E-state index in [1.165, 1.54) is 12.1 Å². The van der Waals surface area contributed by atoms with Crippen molar-refractivity contribution in [2.24, 2.45) is 0 Å². The molecular formula is C12H16N2O4. The van der Waals surface area contributed by atoms with Crippen molar-refractivity contribution >= 4 is 11.7 Å². The Kier molecular flexibility index (Phi) is 5.79. The number of carbonyl (C=O) groups excluding carboxylic acids is 1. The molecule has 6 nitrogen and oxygen atoms in total. The van der Waals surface area contributed by atoms with E-state index in [4.69, 9.17) is 4.74 Å². The van der Waals surface area contributed by atoms with E-state index in [2.05, 4.69) is 5.32 Å². The van der Waals surface area contributed by atoms with Crippen molar-refractivity contribution in [2.75, 3.05) is 13.2 Å². The molecule has 1 aromatic rings. The van der Waals surface area contributed by atoms with Gasteiger partial charge < -0.3 is 10.1 Å². The Morgan fingerprint density at radius 2 is 2.28 bits per heavy atom. The molecule has 0 saturated heterocycles. The monoisotopic (exact) mass is 252 g/mol. The summed E-state index contributed by atoms with van der Waals surface area (Å²) in [5.41, 5.74) is 0.901. The Balaban J connectivity index is 2.29. The van der Waals surface area contributed by atoms with E-state index >= 15 is 0 Å². The maximum absolute atomic E-state index is 10.8. The van der Waals surface area contributed by atoms with Gasteiger partial charge in [-0.2, -0.15) is 0 Å². The van der Waals surface area contributed by atoms with E-state index in [9.17, 15) is 14.9 Å². The number of nitrogens with zero attached hydrogens (tertiary/aromatic N) is 1. The normalized spacial score (nSPS) is 10.1. The van der Waals surface area contributed by atoms with Crippen molar-refractivity contribution < 1.29 is 14.5 Å². The van der Waals surface area contributed by atoms with Crippen LogP contribution < -0.4 is 5.32 Å². The predicted molar refractivity (Wildman–Crippen MR) is 66.1 cm³/mol. The van der Waals surface area contributed by atoms with Crippen LogP contribution in [-0.4, -0.2) is 24.0 Å². The molecule has 0 bridgehead atoms. The van der Waals surface area contributed by atoms with E-state index < -0.39 is 4.92 Å². The minimum absolute atomic E-state index is 0.0757. The number of ether oxygens (including phenoxy) is 1. The first-order valence-corrected chi connectivity index (χ1v) is 5.73. The van der Waals surface area contributed by atoms with Crippen LogP contribution in [0, 0.1) is 10.1 Å². The van der Waals surface area contributed by atoms with Gasteiger partial charge in [-0.15, -0.1) is 0 Å². The third-order valence-electron chi connectivity index (χ3n) is 2.28. The quantitative estimate of drug-likeness (QED) is 0.345. The minimum atomic E-state index is -0.424. The highest BCUT2D eigenvalue weighted by molar-refractivity contribution is 5.68. The van der Waals surface area contributed by atoms with Gasteiger partial charge in [-0.05, 0) is 5.56 Å². The molecule has 18 heavy (non-hydrogen) atoms. The number of hydrogen-bond acceptors (Lipinski definition) is 5. The van der Waals surface area contributed by atoms with Gasteiger partial charge in [0.15, 0.2) is 0 Å². The molecule has 0 fully saturated rings. The molecule has 98 valence electrons. The standard InChI is InChI=1S/C12H16N2O4/c1-2-12(15)18-7-6-13-9-10-4-3-5-11(8-10)14(16)17/h3-5,8,13H,2,6-7,9H2,1H3. The van der Waals surface area contributed by atoms with Crippen molar-refractivity contribution in [1.29, 1.82) is 0 Å². The molecule has 0 aromatic heterocycles. The number of non-ortho nitro benzene ring substituents is 1. The second kappa shape index (κ2) is 7.39. The fourth-order valence-electron chi connectivity index (χ4n) is 1.35. The van der Waals surface area contributed by atoms with Crippen molar-refractivity contribution in [3.8, 4) is 0 Å². The average Bonchev–Trinajstić information content (AvgIpc) is 2.38. The number of nitro benzene ring substituents is 1. The molecule has 0 aliphatic heterocycles. The van der Waals surface area contributed by atoms with Gasteiger partial charge in [0.1, 0.15) is 6.61 Å². The van der Waals surface area contributed by atoms with Crippen LogP contribution in [-0.2, 0) is 16.1 Å². The second-order valence-corrected chi connectivity index (χ2v) is 3.68. The minimum Gasteiger partial charge on any atom is -0.464 e. The van der Waals surface area contributed by atoms with Gasteiger partial charge >= 0.3 is 5.97 Å². The van der Waals surface area contributed by atoms with Gasteiger partial charge in [0.2, 0.25) is 0 Å². The van der Waals surface area contributed by atoms with E-state index in [0.29, 0.717) is 26.1 Å². The van der Waals surface area contributed by atoms with Crippen molar-refractivity contribution in [1.82, 2.24) is 5.32 Å². The van der Waals surface area contributed by atoms with Gasteiger partial charge in [-0.3, -0.25) is 14.9 Å². The lowest BCUT2D eigenvalue weighted by Crippen LogP contribution is -2.20. The van der Waals surface area contributed by atoms with Crippen molar-refractivity contribution in [3.63, 3.8) is 0 Å². The Bertz CT molecular complexity index is 420. The maximum Gasteiger partial charge on any atom is 0.305 e. The van der Waals surface area contributed by atoms with Crippen LogP contribution >= 0.6 is 0 Å². The van der Waals surface area contributed by atoms with Crippen LogP contribution in [0.2, 0.25) is 0 Å². The first-order chi connectivity index (χ1) is 8.63. The summed E-state index contributed by atoms with van der Waals surface area (Å²) in [6.07, 6.45) is 0.366. The number of hydrogen-bond donors (Lipinski definition) is 1. The van der Waals surface area contributed by atoms with Crippen LogP contribution in [0.1, 0.15) is 18.9 Å². The maximum atomic E-state index is 10.8. The SMILES string of the molecule is CCC(=O)OCCNCc1cccc([N+](=O)[O-])c1. The fourth-order valence-corrected chi connectivity index (χ4v) is 1.35. The molecule has 0 aliphatic rings. The molecule has 1 aromatic carbocycles. The Hall–Kier alpha value is -1.95.